The summed E-state index contributed by atoms with van der Waals surface area (Å²) in [6.45, 7) is 10.8. The van der Waals surface area contributed by atoms with E-state index in [1.165, 1.54) is 21.6 Å². The fourth-order valence-electron chi connectivity index (χ4n) is 3.19. The molecular weight excluding hydrogens is 296 g/mol. The largest absolute Gasteiger partial charge is 0.323 e. The van der Waals surface area contributed by atoms with Gasteiger partial charge in [-0.25, -0.2) is 0 Å². The lowest BCUT2D eigenvalue weighted by Gasteiger charge is -2.19. The average molecular weight is 325 g/mol. The Morgan fingerprint density at radius 2 is 1.71 bits per heavy atom. The van der Waals surface area contributed by atoms with Crippen LogP contribution >= 0.6 is 0 Å². The summed E-state index contributed by atoms with van der Waals surface area (Å²) in [6, 6.07) is 14.5. The minimum atomic E-state index is 0.0807. The fraction of sp³-hybridized carbons (Fsp3) is 0.381. The summed E-state index contributed by atoms with van der Waals surface area (Å²) in [5.74, 6) is 0.0807. The van der Waals surface area contributed by atoms with Crippen molar-refractivity contribution in [3.05, 3.63) is 64.7 Å². The quantitative estimate of drug-likeness (QED) is 0.806. The van der Waals surface area contributed by atoms with Gasteiger partial charge in [-0.1, -0.05) is 54.4 Å². The van der Waals surface area contributed by atoms with Crippen LogP contribution in [0.5, 0.6) is 0 Å². The first-order valence-corrected chi connectivity index (χ1v) is 8.74. The molecule has 1 atom stereocenters. The summed E-state index contributed by atoms with van der Waals surface area (Å²) in [6.07, 6.45) is 1.07. The van der Waals surface area contributed by atoms with E-state index in [2.05, 4.69) is 44.3 Å². The van der Waals surface area contributed by atoms with Crippen LogP contribution in [-0.2, 0) is 11.3 Å². The van der Waals surface area contributed by atoms with Crippen LogP contribution in [0, 0.1) is 20.8 Å². The molecule has 0 radical (unpaired) electrons. The highest BCUT2D eigenvalue weighted by molar-refractivity contribution is 5.92. The van der Waals surface area contributed by atoms with Gasteiger partial charge in [0.1, 0.15) is 6.54 Å². The predicted octanol–water partition coefficient (Wildman–Crippen LogP) is 3.05. The second-order valence-corrected chi connectivity index (χ2v) is 6.71. The summed E-state index contributed by atoms with van der Waals surface area (Å²) >= 11 is 0. The van der Waals surface area contributed by atoms with Gasteiger partial charge >= 0.3 is 0 Å². The van der Waals surface area contributed by atoms with Crippen LogP contribution in [0.25, 0.3) is 0 Å². The minimum absolute atomic E-state index is 0.0807. The Balaban J connectivity index is 2.02. The Hall–Kier alpha value is -2.13. The molecule has 3 heteroatoms. The summed E-state index contributed by atoms with van der Waals surface area (Å²) in [4.78, 5) is 13.7. The molecule has 0 saturated heterocycles. The number of nitrogens with one attached hydrogen (secondary N) is 2. The fourth-order valence-corrected chi connectivity index (χ4v) is 3.19. The van der Waals surface area contributed by atoms with Crippen LogP contribution in [0.15, 0.2) is 42.5 Å². The highest BCUT2D eigenvalue weighted by Gasteiger charge is 2.15. The normalized spacial score (nSPS) is 12.0. The van der Waals surface area contributed by atoms with Crippen molar-refractivity contribution in [2.24, 2.45) is 0 Å². The van der Waals surface area contributed by atoms with Gasteiger partial charge < -0.3 is 10.2 Å². The summed E-state index contributed by atoms with van der Waals surface area (Å²) in [7, 11) is 0. The first-order chi connectivity index (χ1) is 11.5. The number of aryl methyl sites for hydroxylation is 3. The molecule has 0 spiro atoms. The van der Waals surface area contributed by atoms with Gasteiger partial charge in [-0.05, 0) is 38.8 Å². The van der Waals surface area contributed by atoms with Crippen molar-refractivity contribution in [1.82, 2.24) is 0 Å². The number of hydrogen-bond donors (Lipinski definition) is 2. The molecule has 0 bridgehead atoms. The number of carbonyl (C=O) groups is 1. The van der Waals surface area contributed by atoms with Crippen LogP contribution in [0.3, 0.4) is 0 Å². The van der Waals surface area contributed by atoms with E-state index in [9.17, 15) is 4.79 Å². The van der Waals surface area contributed by atoms with Crippen LogP contribution in [0.4, 0.5) is 5.69 Å². The van der Waals surface area contributed by atoms with Crippen LogP contribution in [0.1, 0.15) is 35.6 Å². The molecule has 0 aliphatic carbocycles. The van der Waals surface area contributed by atoms with Gasteiger partial charge in [-0.3, -0.25) is 4.79 Å². The second kappa shape index (κ2) is 8.65. The van der Waals surface area contributed by atoms with E-state index in [1.807, 2.05) is 31.2 Å². The van der Waals surface area contributed by atoms with Crippen molar-refractivity contribution in [2.45, 2.75) is 40.7 Å². The number of carbonyl (C=O) groups excluding carboxylic acids is 1. The number of benzene rings is 2. The number of quaternary nitrogens is 1. The molecule has 2 rings (SSSR count). The van der Waals surface area contributed by atoms with Gasteiger partial charge in [0, 0.05) is 11.3 Å². The summed E-state index contributed by atoms with van der Waals surface area (Å²) in [5, 5.41) is 3.05. The SMILES string of the molecule is CCC[NH+](CC(=O)Nc1ccccc1C)Cc1cc(C)cc(C)c1. The lowest BCUT2D eigenvalue weighted by molar-refractivity contribution is -0.905. The van der Waals surface area contributed by atoms with Crippen molar-refractivity contribution >= 4 is 11.6 Å². The van der Waals surface area contributed by atoms with Crippen molar-refractivity contribution in [3.8, 4) is 0 Å². The maximum atomic E-state index is 12.4. The summed E-state index contributed by atoms with van der Waals surface area (Å²) < 4.78 is 0. The minimum Gasteiger partial charge on any atom is -0.323 e. The Labute approximate surface area is 145 Å². The molecule has 0 aliphatic heterocycles. The van der Waals surface area contributed by atoms with Crippen molar-refractivity contribution < 1.29 is 9.69 Å². The van der Waals surface area contributed by atoms with E-state index < -0.39 is 0 Å². The lowest BCUT2D eigenvalue weighted by Crippen LogP contribution is -3.11. The Morgan fingerprint density at radius 1 is 1.04 bits per heavy atom. The molecule has 0 saturated carbocycles. The second-order valence-electron chi connectivity index (χ2n) is 6.71. The molecule has 0 fully saturated rings. The smallest absolute Gasteiger partial charge is 0.279 e. The molecule has 2 N–H and O–H groups in total. The molecule has 24 heavy (non-hydrogen) atoms. The Bertz CT molecular complexity index is 674. The van der Waals surface area contributed by atoms with Crippen LogP contribution in [0.2, 0.25) is 0 Å². The molecule has 2 aromatic rings. The van der Waals surface area contributed by atoms with Crippen molar-refractivity contribution in [1.29, 1.82) is 0 Å². The van der Waals surface area contributed by atoms with Gasteiger partial charge in [0.25, 0.3) is 5.91 Å². The lowest BCUT2D eigenvalue weighted by atomic mass is 10.1. The van der Waals surface area contributed by atoms with Gasteiger partial charge in [-0.15, -0.1) is 0 Å². The molecule has 0 aliphatic rings. The molecule has 2 aromatic carbocycles. The maximum absolute atomic E-state index is 12.4. The average Bonchev–Trinajstić information content (AvgIpc) is 2.48. The molecule has 1 amide bonds. The van der Waals surface area contributed by atoms with Gasteiger partial charge in [-0.2, -0.15) is 0 Å². The van der Waals surface area contributed by atoms with Crippen molar-refractivity contribution in [2.75, 3.05) is 18.4 Å². The van der Waals surface area contributed by atoms with Gasteiger partial charge in [0.05, 0.1) is 6.54 Å². The van der Waals surface area contributed by atoms with Gasteiger partial charge in [0.2, 0.25) is 0 Å². The third kappa shape index (κ3) is 5.50. The Kier molecular flexibility index (Phi) is 6.56. The zero-order chi connectivity index (χ0) is 17.5. The number of anilines is 1. The van der Waals surface area contributed by atoms with Crippen LogP contribution in [-0.4, -0.2) is 19.0 Å². The molecule has 1 unspecified atom stereocenters. The summed E-state index contributed by atoms with van der Waals surface area (Å²) in [5.41, 5.74) is 5.87. The number of para-hydroxylation sites is 1. The van der Waals surface area contributed by atoms with Crippen molar-refractivity contribution in [3.63, 3.8) is 0 Å². The van der Waals surface area contributed by atoms with Gasteiger partial charge in [0.15, 0.2) is 6.54 Å². The molecular formula is C21H29N2O+. The topological polar surface area (TPSA) is 33.5 Å². The number of rotatable bonds is 7. The monoisotopic (exact) mass is 325 g/mol. The predicted molar refractivity (Wildman–Crippen MR) is 100 cm³/mol. The number of hydrogen-bond acceptors (Lipinski definition) is 1. The third-order valence-corrected chi connectivity index (χ3v) is 4.17. The zero-order valence-electron chi connectivity index (χ0n) is 15.3. The van der Waals surface area contributed by atoms with E-state index in [-0.39, 0.29) is 5.91 Å². The molecule has 0 aromatic heterocycles. The molecule has 3 nitrogen and oxygen atoms in total. The van der Waals surface area contributed by atoms with E-state index in [0.717, 1.165) is 30.8 Å². The highest BCUT2D eigenvalue weighted by atomic mass is 16.2. The standard InChI is InChI=1S/C21H28N2O/c1-5-10-23(14-19-12-16(2)11-17(3)13-19)15-21(24)22-20-9-7-6-8-18(20)4/h6-9,11-13H,5,10,14-15H2,1-4H3,(H,22,24)/p+1. The van der Waals surface area contributed by atoms with E-state index >= 15 is 0 Å². The number of amides is 1. The Morgan fingerprint density at radius 3 is 2.33 bits per heavy atom. The van der Waals surface area contributed by atoms with E-state index in [4.69, 9.17) is 0 Å². The first-order valence-electron chi connectivity index (χ1n) is 8.74. The van der Waals surface area contributed by atoms with E-state index in [1.54, 1.807) is 0 Å². The molecule has 0 heterocycles. The van der Waals surface area contributed by atoms with E-state index in [0.29, 0.717) is 6.54 Å². The maximum Gasteiger partial charge on any atom is 0.279 e. The third-order valence-electron chi connectivity index (χ3n) is 4.17. The first kappa shape index (κ1) is 18.2. The zero-order valence-corrected chi connectivity index (χ0v) is 15.3. The van der Waals surface area contributed by atoms with Crippen LogP contribution < -0.4 is 10.2 Å². The molecule has 128 valence electrons. The highest BCUT2D eigenvalue weighted by Crippen LogP contribution is 2.12.